The Hall–Kier alpha value is -1.77. The van der Waals surface area contributed by atoms with Gasteiger partial charge in [0.15, 0.2) is 0 Å². The first-order valence-corrected chi connectivity index (χ1v) is 6.38. The average molecular weight is 246 g/mol. The summed E-state index contributed by atoms with van der Waals surface area (Å²) in [5, 5.41) is 0. The maximum Gasteiger partial charge on any atom is 0.246 e. The molecule has 0 aromatic heterocycles. The number of carbonyl (C=O) groups is 1. The Labute approximate surface area is 109 Å². The van der Waals surface area contributed by atoms with E-state index in [1.54, 1.807) is 11.0 Å². The van der Waals surface area contributed by atoms with Crippen LogP contribution in [0.2, 0.25) is 0 Å². The molecular formula is C15H22N2O. The molecule has 0 aliphatic carbocycles. The number of carbonyl (C=O) groups excluding carboxylic acids is 1. The average Bonchev–Trinajstić information content (AvgIpc) is 2.39. The van der Waals surface area contributed by atoms with Crippen molar-refractivity contribution in [3.8, 4) is 0 Å². The fourth-order valence-corrected chi connectivity index (χ4v) is 1.91. The Morgan fingerprint density at radius 2 is 1.83 bits per heavy atom. The molecule has 3 nitrogen and oxygen atoms in total. The van der Waals surface area contributed by atoms with Crippen LogP contribution in [-0.2, 0) is 4.79 Å². The van der Waals surface area contributed by atoms with E-state index < -0.39 is 0 Å². The molecule has 1 rings (SSSR count). The molecular weight excluding hydrogens is 224 g/mol. The van der Waals surface area contributed by atoms with Crippen molar-refractivity contribution in [1.82, 2.24) is 4.90 Å². The van der Waals surface area contributed by atoms with Crippen molar-refractivity contribution in [2.24, 2.45) is 0 Å². The lowest BCUT2D eigenvalue weighted by atomic mass is 10.1. The molecule has 1 amide bonds. The molecule has 0 unspecified atom stereocenters. The van der Waals surface area contributed by atoms with E-state index in [2.05, 4.69) is 13.8 Å². The van der Waals surface area contributed by atoms with Crippen LogP contribution >= 0.6 is 0 Å². The van der Waals surface area contributed by atoms with Gasteiger partial charge in [-0.3, -0.25) is 4.79 Å². The van der Waals surface area contributed by atoms with E-state index in [0.29, 0.717) is 6.04 Å². The molecule has 18 heavy (non-hydrogen) atoms. The normalized spacial score (nSPS) is 11.1. The second kappa shape index (κ2) is 6.84. The third-order valence-corrected chi connectivity index (χ3v) is 3.19. The predicted molar refractivity (Wildman–Crippen MR) is 77.0 cm³/mol. The lowest BCUT2D eigenvalue weighted by molar-refractivity contribution is -0.126. The largest absolute Gasteiger partial charge is 0.399 e. The Morgan fingerprint density at radius 3 is 2.33 bits per heavy atom. The van der Waals surface area contributed by atoms with Crippen molar-refractivity contribution in [1.29, 1.82) is 0 Å². The van der Waals surface area contributed by atoms with Crippen LogP contribution in [0.25, 0.3) is 6.08 Å². The van der Waals surface area contributed by atoms with Gasteiger partial charge in [0.25, 0.3) is 0 Å². The van der Waals surface area contributed by atoms with E-state index in [0.717, 1.165) is 24.1 Å². The number of hydrogen-bond acceptors (Lipinski definition) is 2. The lowest BCUT2D eigenvalue weighted by Crippen LogP contribution is -2.34. The van der Waals surface area contributed by atoms with Crippen molar-refractivity contribution in [2.75, 3.05) is 12.8 Å². The van der Waals surface area contributed by atoms with Crippen LogP contribution in [0.15, 0.2) is 30.3 Å². The highest BCUT2D eigenvalue weighted by atomic mass is 16.2. The van der Waals surface area contributed by atoms with Gasteiger partial charge in [0.1, 0.15) is 0 Å². The molecule has 3 heteroatoms. The van der Waals surface area contributed by atoms with Gasteiger partial charge in [-0.25, -0.2) is 0 Å². The van der Waals surface area contributed by atoms with Gasteiger partial charge in [-0.05, 0) is 36.6 Å². The third kappa shape index (κ3) is 3.91. The first-order chi connectivity index (χ1) is 8.58. The summed E-state index contributed by atoms with van der Waals surface area (Å²) in [6, 6.07) is 7.77. The van der Waals surface area contributed by atoms with Crippen molar-refractivity contribution >= 4 is 17.7 Å². The number of benzene rings is 1. The van der Waals surface area contributed by atoms with E-state index >= 15 is 0 Å². The first kappa shape index (κ1) is 14.3. The highest BCUT2D eigenvalue weighted by Crippen LogP contribution is 2.09. The van der Waals surface area contributed by atoms with Crippen LogP contribution < -0.4 is 5.73 Å². The lowest BCUT2D eigenvalue weighted by Gasteiger charge is -2.24. The smallest absolute Gasteiger partial charge is 0.246 e. The fraction of sp³-hybridized carbons (Fsp3) is 0.400. The van der Waals surface area contributed by atoms with Crippen LogP contribution in [0.1, 0.15) is 32.3 Å². The summed E-state index contributed by atoms with van der Waals surface area (Å²) in [6.07, 6.45) is 5.40. The van der Waals surface area contributed by atoms with Gasteiger partial charge in [-0.2, -0.15) is 0 Å². The Bertz CT molecular complexity index is 405. The highest BCUT2D eigenvalue weighted by Gasteiger charge is 2.13. The molecule has 0 atom stereocenters. The molecule has 0 saturated carbocycles. The number of rotatable bonds is 5. The summed E-state index contributed by atoms with van der Waals surface area (Å²) in [4.78, 5) is 13.8. The summed E-state index contributed by atoms with van der Waals surface area (Å²) >= 11 is 0. The molecule has 98 valence electrons. The molecule has 0 saturated heterocycles. The zero-order chi connectivity index (χ0) is 13.5. The Morgan fingerprint density at radius 1 is 1.28 bits per heavy atom. The summed E-state index contributed by atoms with van der Waals surface area (Å²) in [5.74, 6) is 0.0422. The molecule has 1 aromatic rings. The zero-order valence-electron chi connectivity index (χ0n) is 11.4. The molecule has 0 aliphatic rings. The van der Waals surface area contributed by atoms with Gasteiger partial charge in [0.05, 0.1) is 0 Å². The minimum atomic E-state index is 0.0422. The van der Waals surface area contributed by atoms with Gasteiger partial charge in [-0.15, -0.1) is 0 Å². The third-order valence-electron chi connectivity index (χ3n) is 3.19. The second-order valence-electron chi connectivity index (χ2n) is 4.42. The molecule has 0 bridgehead atoms. The topological polar surface area (TPSA) is 46.3 Å². The molecule has 0 heterocycles. The number of nitrogens with two attached hydrogens (primary N) is 1. The van der Waals surface area contributed by atoms with Crippen LogP contribution in [0.5, 0.6) is 0 Å². The monoisotopic (exact) mass is 246 g/mol. The Balaban J connectivity index is 2.66. The Kier molecular flexibility index (Phi) is 5.43. The second-order valence-corrected chi connectivity index (χ2v) is 4.42. The van der Waals surface area contributed by atoms with Crippen LogP contribution in [0.3, 0.4) is 0 Å². The predicted octanol–water partition coefficient (Wildman–Crippen LogP) is 2.93. The number of amides is 1. The zero-order valence-corrected chi connectivity index (χ0v) is 11.4. The number of nitrogen functional groups attached to an aromatic ring is 1. The van der Waals surface area contributed by atoms with Crippen LogP contribution in [-0.4, -0.2) is 23.9 Å². The van der Waals surface area contributed by atoms with Crippen LogP contribution in [0.4, 0.5) is 5.69 Å². The molecule has 0 aliphatic heterocycles. The van der Waals surface area contributed by atoms with Crippen molar-refractivity contribution in [3.05, 3.63) is 35.9 Å². The number of likely N-dealkylation sites (N-methyl/N-ethyl adjacent to an activating group) is 1. The van der Waals surface area contributed by atoms with Gasteiger partial charge in [-0.1, -0.05) is 26.0 Å². The number of hydrogen-bond donors (Lipinski definition) is 1. The van der Waals surface area contributed by atoms with E-state index in [-0.39, 0.29) is 5.91 Å². The molecule has 0 spiro atoms. The molecule has 0 radical (unpaired) electrons. The molecule has 0 fully saturated rings. The summed E-state index contributed by atoms with van der Waals surface area (Å²) in [7, 11) is 1.85. The molecule has 2 N–H and O–H groups in total. The van der Waals surface area contributed by atoms with Gasteiger partial charge >= 0.3 is 0 Å². The van der Waals surface area contributed by atoms with Gasteiger partial charge < -0.3 is 10.6 Å². The maximum atomic E-state index is 12.0. The van der Waals surface area contributed by atoms with E-state index in [9.17, 15) is 4.79 Å². The number of nitrogens with zero attached hydrogens (tertiary/aromatic N) is 1. The maximum absolute atomic E-state index is 12.0. The van der Waals surface area contributed by atoms with E-state index in [4.69, 9.17) is 5.73 Å². The first-order valence-electron chi connectivity index (χ1n) is 6.38. The van der Waals surface area contributed by atoms with Gasteiger partial charge in [0, 0.05) is 24.9 Å². The quantitative estimate of drug-likeness (QED) is 0.641. The molecule has 1 aromatic carbocycles. The summed E-state index contributed by atoms with van der Waals surface area (Å²) in [5.41, 5.74) is 7.32. The SMILES string of the molecule is CCC(CC)N(C)C(=O)/C=C/c1ccc(N)cc1. The summed E-state index contributed by atoms with van der Waals surface area (Å²) < 4.78 is 0. The highest BCUT2D eigenvalue weighted by molar-refractivity contribution is 5.91. The van der Waals surface area contributed by atoms with Crippen LogP contribution in [0, 0.1) is 0 Å². The minimum Gasteiger partial charge on any atom is -0.399 e. The van der Waals surface area contributed by atoms with E-state index in [1.807, 2.05) is 37.4 Å². The minimum absolute atomic E-state index is 0.0422. The van der Waals surface area contributed by atoms with E-state index in [1.165, 1.54) is 0 Å². The number of anilines is 1. The van der Waals surface area contributed by atoms with Crippen molar-refractivity contribution in [3.63, 3.8) is 0 Å². The van der Waals surface area contributed by atoms with Crippen molar-refractivity contribution in [2.45, 2.75) is 32.7 Å². The summed E-state index contributed by atoms with van der Waals surface area (Å²) in [6.45, 7) is 4.20. The van der Waals surface area contributed by atoms with Gasteiger partial charge in [0.2, 0.25) is 5.91 Å². The van der Waals surface area contributed by atoms with Crippen molar-refractivity contribution < 1.29 is 4.79 Å². The standard InChI is InChI=1S/C15H22N2O/c1-4-14(5-2)17(3)15(18)11-8-12-6-9-13(16)10-7-12/h6-11,14H,4-5,16H2,1-3H3/b11-8+. The fourth-order valence-electron chi connectivity index (χ4n) is 1.91.